The lowest BCUT2D eigenvalue weighted by Crippen LogP contribution is -2.17. The van der Waals surface area contributed by atoms with Crippen LogP contribution in [-0.2, 0) is 0 Å². The predicted molar refractivity (Wildman–Crippen MR) is 139 cm³/mol. The van der Waals surface area contributed by atoms with Gasteiger partial charge < -0.3 is 14.2 Å². The van der Waals surface area contributed by atoms with E-state index >= 15 is 0 Å². The molecule has 3 rings (SSSR count). The van der Waals surface area contributed by atoms with Crippen molar-refractivity contribution in [1.29, 1.82) is 0 Å². The van der Waals surface area contributed by atoms with E-state index < -0.39 is 5.97 Å². The van der Waals surface area contributed by atoms with Crippen LogP contribution in [0, 0.1) is 0 Å². The fourth-order valence-electron chi connectivity index (χ4n) is 2.99. The van der Waals surface area contributed by atoms with Crippen molar-refractivity contribution in [3.8, 4) is 17.2 Å². The topological polar surface area (TPSA) is 86.2 Å². The fourth-order valence-corrected chi connectivity index (χ4v) is 3.37. The van der Waals surface area contributed by atoms with E-state index in [9.17, 15) is 9.59 Å². The van der Waals surface area contributed by atoms with Gasteiger partial charge in [0, 0.05) is 15.6 Å². The second-order valence-electron chi connectivity index (χ2n) is 7.45. The van der Waals surface area contributed by atoms with Gasteiger partial charge in [0.05, 0.1) is 25.0 Å². The Kier molecular flexibility index (Phi) is 9.86. The van der Waals surface area contributed by atoms with E-state index in [1.165, 1.54) is 6.21 Å². The molecule has 0 radical (unpaired) electrons. The van der Waals surface area contributed by atoms with Gasteiger partial charge in [-0.15, -0.1) is 0 Å². The SMILES string of the molecule is CCCCOc1ccc(C(=O)N/N=C/c2cc(Br)ccc2OC(=O)c2ccc(OCC)cc2)cc1. The Morgan fingerprint density at radius 2 is 1.57 bits per heavy atom. The van der Waals surface area contributed by atoms with Crippen LogP contribution in [0.1, 0.15) is 53.0 Å². The summed E-state index contributed by atoms with van der Waals surface area (Å²) in [7, 11) is 0. The van der Waals surface area contributed by atoms with Crippen LogP contribution in [0.5, 0.6) is 17.2 Å². The van der Waals surface area contributed by atoms with Crippen molar-refractivity contribution >= 4 is 34.0 Å². The average molecular weight is 539 g/mol. The standard InChI is InChI=1S/C27H27BrN2O5/c1-3-5-16-34-24-11-6-19(7-12-24)26(31)30-29-18-21-17-22(28)10-15-25(21)35-27(32)20-8-13-23(14-9-20)33-4-2/h6-15,17-18H,3-5,16H2,1-2H3,(H,30,31)/b29-18+. The van der Waals surface area contributed by atoms with Crippen LogP contribution in [0.15, 0.2) is 76.3 Å². The first kappa shape index (κ1) is 26.0. The molecule has 0 fully saturated rings. The molecule has 182 valence electrons. The molecule has 7 nitrogen and oxygen atoms in total. The molecule has 0 aliphatic rings. The van der Waals surface area contributed by atoms with E-state index in [0.29, 0.717) is 47.2 Å². The first-order valence-corrected chi connectivity index (χ1v) is 12.1. The van der Waals surface area contributed by atoms with Crippen LogP contribution < -0.4 is 19.6 Å². The Balaban J connectivity index is 1.63. The molecule has 0 atom stereocenters. The average Bonchev–Trinajstić information content (AvgIpc) is 2.86. The maximum Gasteiger partial charge on any atom is 0.343 e. The maximum atomic E-state index is 12.6. The van der Waals surface area contributed by atoms with Gasteiger partial charge >= 0.3 is 5.97 Å². The summed E-state index contributed by atoms with van der Waals surface area (Å²) in [5, 5.41) is 4.03. The highest BCUT2D eigenvalue weighted by atomic mass is 79.9. The maximum absolute atomic E-state index is 12.6. The second-order valence-corrected chi connectivity index (χ2v) is 8.37. The number of hydrogen-bond donors (Lipinski definition) is 1. The van der Waals surface area contributed by atoms with Crippen LogP contribution in [-0.4, -0.2) is 31.3 Å². The molecular formula is C27H27BrN2O5. The van der Waals surface area contributed by atoms with Gasteiger partial charge in [-0.2, -0.15) is 5.10 Å². The molecular weight excluding hydrogens is 512 g/mol. The largest absolute Gasteiger partial charge is 0.494 e. The number of nitrogens with one attached hydrogen (secondary N) is 1. The van der Waals surface area contributed by atoms with Crippen molar-refractivity contribution in [2.75, 3.05) is 13.2 Å². The Labute approximate surface area is 213 Å². The summed E-state index contributed by atoms with van der Waals surface area (Å²) in [6.07, 6.45) is 3.45. The quantitative estimate of drug-likeness (QED) is 0.106. The second kappa shape index (κ2) is 13.3. The molecule has 8 heteroatoms. The Hall–Kier alpha value is -3.65. The number of benzene rings is 3. The van der Waals surface area contributed by atoms with Crippen molar-refractivity contribution in [2.24, 2.45) is 5.10 Å². The predicted octanol–water partition coefficient (Wildman–Crippen LogP) is 6.01. The monoisotopic (exact) mass is 538 g/mol. The van der Waals surface area contributed by atoms with Crippen LogP contribution in [0.4, 0.5) is 0 Å². The number of carbonyl (C=O) groups is 2. The normalized spacial score (nSPS) is 10.7. The smallest absolute Gasteiger partial charge is 0.343 e. The molecule has 1 N–H and O–H groups in total. The molecule has 3 aromatic carbocycles. The molecule has 0 aromatic heterocycles. The summed E-state index contributed by atoms with van der Waals surface area (Å²) < 4.78 is 17.3. The van der Waals surface area contributed by atoms with Crippen LogP contribution >= 0.6 is 15.9 Å². The number of unbranched alkanes of at least 4 members (excludes halogenated alkanes) is 1. The molecule has 3 aromatic rings. The van der Waals surface area contributed by atoms with E-state index in [4.69, 9.17) is 14.2 Å². The summed E-state index contributed by atoms with van der Waals surface area (Å²) in [5.74, 6) is 0.805. The lowest BCUT2D eigenvalue weighted by Gasteiger charge is -2.09. The van der Waals surface area contributed by atoms with Gasteiger partial charge in [-0.25, -0.2) is 10.2 Å². The summed E-state index contributed by atoms with van der Waals surface area (Å²) in [6.45, 7) is 5.17. The molecule has 0 spiro atoms. The number of halogens is 1. The summed E-state index contributed by atoms with van der Waals surface area (Å²) >= 11 is 3.40. The minimum Gasteiger partial charge on any atom is -0.494 e. The molecule has 0 saturated heterocycles. The number of hydrogen-bond acceptors (Lipinski definition) is 6. The highest BCUT2D eigenvalue weighted by Gasteiger charge is 2.12. The van der Waals surface area contributed by atoms with Gasteiger partial charge in [-0.05, 0) is 80.1 Å². The van der Waals surface area contributed by atoms with E-state index in [1.807, 2.05) is 6.92 Å². The summed E-state index contributed by atoms with van der Waals surface area (Å²) in [4.78, 5) is 25.0. The zero-order valence-electron chi connectivity index (χ0n) is 19.6. The van der Waals surface area contributed by atoms with Gasteiger partial charge in [0.25, 0.3) is 5.91 Å². The number of amides is 1. The zero-order valence-corrected chi connectivity index (χ0v) is 21.2. The number of nitrogens with zero attached hydrogens (tertiary/aromatic N) is 1. The third-order valence-corrected chi connectivity index (χ3v) is 5.32. The number of esters is 1. The van der Waals surface area contributed by atoms with Crippen molar-refractivity contribution in [1.82, 2.24) is 5.43 Å². The molecule has 0 aliphatic carbocycles. The van der Waals surface area contributed by atoms with Gasteiger partial charge in [-0.3, -0.25) is 4.79 Å². The van der Waals surface area contributed by atoms with Gasteiger partial charge in [0.1, 0.15) is 17.2 Å². The third-order valence-electron chi connectivity index (χ3n) is 4.83. The Morgan fingerprint density at radius 1 is 0.914 bits per heavy atom. The van der Waals surface area contributed by atoms with Gasteiger partial charge in [-0.1, -0.05) is 29.3 Å². The minimum absolute atomic E-state index is 0.304. The highest BCUT2D eigenvalue weighted by Crippen LogP contribution is 2.23. The van der Waals surface area contributed by atoms with Gasteiger partial charge in [0.15, 0.2) is 0 Å². The fraction of sp³-hybridized carbons (Fsp3) is 0.222. The lowest BCUT2D eigenvalue weighted by molar-refractivity contribution is 0.0734. The van der Waals surface area contributed by atoms with Gasteiger partial charge in [0.2, 0.25) is 0 Å². The molecule has 35 heavy (non-hydrogen) atoms. The van der Waals surface area contributed by atoms with Crippen LogP contribution in [0.25, 0.3) is 0 Å². The third kappa shape index (κ3) is 7.96. The zero-order chi connectivity index (χ0) is 25.0. The Morgan fingerprint density at radius 3 is 2.23 bits per heavy atom. The number of hydrazone groups is 1. The van der Waals surface area contributed by atoms with Crippen molar-refractivity contribution in [3.63, 3.8) is 0 Å². The highest BCUT2D eigenvalue weighted by molar-refractivity contribution is 9.10. The first-order valence-electron chi connectivity index (χ1n) is 11.3. The van der Waals surface area contributed by atoms with Crippen molar-refractivity contribution < 1.29 is 23.8 Å². The molecule has 0 heterocycles. The molecule has 0 saturated carbocycles. The molecule has 0 unspecified atom stereocenters. The van der Waals surface area contributed by atoms with E-state index in [0.717, 1.165) is 17.3 Å². The summed E-state index contributed by atoms with van der Waals surface area (Å²) in [6, 6.07) is 18.7. The van der Waals surface area contributed by atoms with Crippen LogP contribution in [0.2, 0.25) is 0 Å². The number of rotatable bonds is 11. The lowest BCUT2D eigenvalue weighted by atomic mass is 10.2. The Bertz CT molecular complexity index is 1160. The number of carbonyl (C=O) groups excluding carboxylic acids is 2. The van der Waals surface area contributed by atoms with E-state index in [1.54, 1.807) is 66.7 Å². The minimum atomic E-state index is -0.518. The van der Waals surface area contributed by atoms with Crippen LogP contribution in [0.3, 0.4) is 0 Å². The van der Waals surface area contributed by atoms with Crippen molar-refractivity contribution in [2.45, 2.75) is 26.7 Å². The molecule has 1 amide bonds. The number of ether oxygens (including phenoxy) is 3. The van der Waals surface area contributed by atoms with E-state index in [2.05, 4.69) is 33.4 Å². The first-order chi connectivity index (χ1) is 17.0. The molecule has 0 aliphatic heterocycles. The molecule has 0 bridgehead atoms. The van der Waals surface area contributed by atoms with Crippen molar-refractivity contribution in [3.05, 3.63) is 87.9 Å². The van der Waals surface area contributed by atoms with E-state index in [-0.39, 0.29) is 5.91 Å². The summed E-state index contributed by atoms with van der Waals surface area (Å²) in [5.41, 5.74) is 3.83.